The van der Waals surface area contributed by atoms with Crippen molar-refractivity contribution in [1.29, 1.82) is 0 Å². The number of hydrogen-bond donors (Lipinski definition) is 1. The molecule has 0 aromatic heterocycles. The van der Waals surface area contributed by atoms with Crippen LogP contribution in [0, 0.1) is 10.1 Å². The van der Waals surface area contributed by atoms with Crippen LogP contribution in [0.15, 0.2) is 87.7 Å². The molecule has 0 atom stereocenters. The fraction of sp³-hybridized carbons (Fsp3) is 0. The number of hydrazone groups is 1. The highest BCUT2D eigenvalue weighted by atomic mass is 35.5. The summed E-state index contributed by atoms with van der Waals surface area (Å²) in [4.78, 5) is 24.4. The molecule has 0 aliphatic rings. The average Bonchev–Trinajstić information content (AvgIpc) is 2.69. The number of amides is 1. The third-order valence-corrected chi connectivity index (χ3v) is 4.93. The smallest absolute Gasteiger partial charge is 0.267 e. The second-order valence-electron chi connectivity index (χ2n) is 5.61. The molecular formula is C20H14ClN3O3S. The van der Waals surface area contributed by atoms with E-state index in [-0.39, 0.29) is 5.69 Å². The number of nitro benzene ring substituents is 1. The minimum atomic E-state index is -0.437. The normalized spacial score (nSPS) is 10.8. The van der Waals surface area contributed by atoms with Crippen molar-refractivity contribution in [2.45, 2.75) is 9.79 Å². The fourth-order valence-corrected chi connectivity index (χ4v) is 3.43. The first-order valence-corrected chi connectivity index (χ1v) is 9.33. The molecule has 3 rings (SSSR count). The number of carbonyl (C=O) groups is 1. The van der Waals surface area contributed by atoms with E-state index in [2.05, 4.69) is 10.5 Å². The summed E-state index contributed by atoms with van der Waals surface area (Å²) < 4.78 is 0. The maximum atomic E-state index is 12.0. The Morgan fingerprint density at radius 1 is 1.07 bits per heavy atom. The first kappa shape index (κ1) is 19.6. The molecule has 0 unspecified atom stereocenters. The molecule has 1 N–H and O–H groups in total. The maximum absolute atomic E-state index is 12.0. The Morgan fingerprint density at radius 2 is 1.86 bits per heavy atom. The first-order chi connectivity index (χ1) is 13.5. The van der Waals surface area contributed by atoms with E-state index in [4.69, 9.17) is 11.6 Å². The van der Waals surface area contributed by atoms with Crippen LogP contribution in [-0.4, -0.2) is 17.0 Å². The van der Waals surface area contributed by atoms with Crippen LogP contribution < -0.4 is 5.43 Å². The summed E-state index contributed by atoms with van der Waals surface area (Å²) >= 11 is 7.16. The van der Waals surface area contributed by atoms with Crippen molar-refractivity contribution in [2.75, 3.05) is 0 Å². The molecule has 0 bridgehead atoms. The van der Waals surface area contributed by atoms with Gasteiger partial charge in [0.2, 0.25) is 0 Å². The third-order valence-electron chi connectivity index (χ3n) is 3.62. The molecule has 3 aromatic rings. The summed E-state index contributed by atoms with van der Waals surface area (Å²) in [6.45, 7) is 0. The van der Waals surface area contributed by atoms with E-state index in [0.717, 1.165) is 4.90 Å². The van der Waals surface area contributed by atoms with Crippen LogP contribution in [-0.2, 0) is 0 Å². The lowest BCUT2D eigenvalue weighted by Gasteiger charge is -2.04. The van der Waals surface area contributed by atoms with Crippen LogP contribution in [0.2, 0.25) is 5.02 Å². The molecule has 8 heteroatoms. The van der Waals surface area contributed by atoms with Crippen LogP contribution in [0.3, 0.4) is 0 Å². The predicted octanol–water partition coefficient (Wildman–Crippen LogP) is 5.16. The molecule has 0 heterocycles. The topological polar surface area (TPSA) is 84.6 Å². The third kappa shape index (κ3) is 5.18. The molecule has 0 spiro atoms. The highest BCUT2D eigenvalue weighted by molar-refractivity contribution is 7.99. The standard InChI is InChI=1S/C20H14ClN3O3S/c21-16-6-4-5-15(12-16)20(25)23-22-13-14-9-10-19(18(11-14)24(26)27)28-17-7-2-1-3-8-17/h1-13H,(H,23,25)/b22-13+. The van der Waals surface area contributed by atoms with Gasteiger partial charge in [0.15, 0.2) is 0 Å². The fourth-order valence-electron chi connectivity index (χ4n) is 2.32. The van der Waals surface area contributed by atoms with Gasteiger partial charge in [-0.2, -0.15) is 5.10 Å². The van der Waals surface area contributed by atoms with Crippen molar-refractivity contribution in [3.63, 3.8) is 0 Å². The SMILES string of the molecule is O=C(N/N=C/c1ccc(Sc2ccccc2)c([N+](=O)[O-])c1)c1cccc(Cl)c1. The molecule has 0 saturated heterocycles. The van der Waals surface area contributed by atoms with Crippen LogP contribution in [0.25, 0.3) is 0 Å². The summed E-state index contributed by atoms with van der Waals surface area (Å²) in [7, 11) is 0. The molecule has 3 aromatic carbocycles. The molecule has 1 amide bonds. The van der Waals surface area contributed by atoms with Gasteiger partial charge in [-0.1, -0.05) is 53.7 Å². The van der Waals surface area contributed by atoms with Gasteiger partial charge in [0, 0.05) is 27.1 Å². The van der Waals surface area contributed by atoms with Crippen molar-refractivity contribution in [3.8, 4) is 0 Å². The molecule has 140 valence electrons. The summed E-state index contributed by atoms with van der Waals surface area (Å²) in [5.41, 5.74) is 3.21. The minimum Gasteiger partial charge on any atom is -0.267 e. The van der Waals surface area contributed by atoms with Crippen molar-refractivity contribution in [1.82, 2.24) is 5.43 Å². The molecule has 0 aliphatic heterocycles. The largest absolute Gasteiger partial charge is 0.283 e. The lowest BCUT2D eigenvalue weighted by Crippen LogP contribution is -2.17. The molecule has 0 aliphatic carbocycles. The molecule has 28 heavy (non-hydrogen) atoms. The lowest BCUT2D eigenvalue weighted by molar-refractivity contribution is -0.387. The van der Waals surface area contributed by atoms with Crippen molar-refractivity contribution in [3.05, 3.63) is 99.1 Å². The second kappa shape index (κ2) is 9.16. The average molecular weight is 412 g/mol. The zero-order valence-electron chi connectivity index (χ0n) is 14.4. The van der Waals surface area contributed by atoms with E-state index >= 15 is 0 Å². The van der Waals surface area contributed by atoms with Gasteiger partial charge >= 0.3 is 0 Å². The zero-order chi connectivity index (χ0) is 19.9. The number of carbonyl (C=O) groups excluding carboxylic acids is 1. The number of halogens is 1. The summed E-state index contributed by atoms with van der Waals surface area (Å²) in [5, 5.41) is 15.7. The first-order valence-electron chi connectivity index (χ1n) is 8.13. The summed E-state index contributed by atoms with van der Waals surface area (Å²) in [6.07, 6.45) is 1.35. The van der Waals surface area contributed by atoms with Gasteiger partial charge in [0.1, 0.15) is 0 Å². The van der Waals surface area contributed by atoms with Gasteiger partial charge < -0.3 is 0 Å². The van der Waals surface area contributed by atoms with E-state index in [1.54, 1.807) is 30.3 Å². The van der Waals surface area contributed by atoms with Crippen LogP contribution in [0.1, 0.15) is 15.9 Å². The van der Waals surface area contributed by atoms with Crippen LogP contribution >= 0.6 is 23.4 Å². The quantitative estimate of drug-likeness (QED) is 0.344. The van der Waals surface area contributed by atoms with E-state index in [9.17, 15) is 14.9 Å². The predicted molar refractivity (Wildman–Crippen MR) is 110 cm³/mol. The number of nitro groups is 1. The second-order valence-corrected chi connectivity index (χ2v) is 7.16. The van der Waals surface area contributed by atoms with Gasteiger partial charge in [0.25, 0.3) is 11.6 Å². The van der Waals surface area contributed by atoms with Crippen molar-refractivity contribution < 1.29 is 9.72 Å². The Morgan fingerprint density at radius 3 is 2.57 bits per heavy atom. The Hall–Kier alpha value is -3.16. The Balaban J connectivity index is 1.73. The van der Waals surface area contributed by atoms with Gasteiger partial charge in [-0.15, -0.1) is 0 Å². The molecule has 0 radical (unpaired) electrons. The number of rotatable bonds is 6. The lowest BCUT2D eigenvalue weighted by atomic mass is 10.2. The molecule has 6 nitrogen and oxygen atoms in total. The van der Waals surface area contributed by atoms with E-state index < -0.39 is 10.8 Å². The number of nitrogens with zero attached hydrogens (tertiary/aromatic N) is 2. The van der Waals surface area contributed by atoms with Gasteiger partial charge in [-0.25, -0.2) is 5.43 Å². The number of hydrogen-bond acceptors (Lipinski definition) is 5. The van der Waals surface area contributed by atoms with Crippen molar-refractivity contribution >= 4 is 41.2 Å². The molecule has 0 saturated carbocycles. The molecule has 0 fully saturated rings. The van der Waals surface area contributed by atoms with Crippen LogP contribution in [0.4, 0.5) is 5.69 Å². The Labute approximate surface area is 170 Å². The number of benzene rings is 3. The Kier molecular flexibility index (Phi) is 6.41. The highest BCUT2D eigenvalue weighted by Gasteiger charge is 2.15. The number of nitrogens with one attached hydrogen (secondary N) is 1. The monoisotopic (exact) mass is 411 g/mol. The van der Waals surface area contributed by atoms with Crippen LogP contribution in [0.5, 0.6) is 0 Å². The maximum Gasteiger partial charge on any atom is 0.283 e. The van der Waals surface area contributed by atoms with E-state index in [0.29, 0.717) is 21.0 Å². The van der Waals surface area contributed by atoms with Crippen molar-refractivity contribution in [2.24, 2.45) is 5.10 Å². The highest BCUT2D eigenvalue weighted by Crippen LogP contribution is 2.34. The van der Waals surface area contributed by atoms with E-state index in [1.165, 1.54) is 30.1 Å². The summed E-state index contributed by atoms with van der Waals surface area (Å²) in [5.74, 6) is -0.426. The summed E-state index contributed by atoms with van der Waals surface area (Å²) in [6, 6.07) is 20.6. The van der Waals surface area contributed by atoms with Gasteiger partial charge in [0.05, 0.1) is 16.0 Å². The molecular weight excluding hydrogens is 398 g/mol. The van der Waals surface area contributed by atoms with Gasteiger partial charge in [-0.3, -0.25) is 14.9 Å². The Bertz CT molecular complexity index is 1040. The van der Waals surface area contributed by atoms with E-state index in [1.807, 2.05) is 30.3 Å². The van der Waals surface area contributed by atoms with Gasteiger partial charge in [-0.05, 0) is 36.4 Å². The minimum absolute atomic E-state index is 0.0287. The zero-order valence-corrected chi connectivity index (χ0v) is 16.0.